The fourth-order valence-electron chi connectivity index (χ4n) is 3.35. The summed E-state index contributed by atoms with van der Waals surface area (Å²) in [5.41, 5.74) is -2.18. The van der Waals surface area contributed by atoms with E-state index in [2.05, 4.69) is 4.98 Å². The molecule has 0 aliphatic carbocycles. The van der Waals surface area contributed by atoms with Crippen LogP contribution in [0.2, 0.25) is 0 Å². The Kier molecular flexibility index (Phi) is 8.92. The zero-order valence-corrected chi connectivity index (χ0v) is 18.7. The van der Waals surface area contributed by atoms with Gasteiger partial charge in [0.25, 0.3) is 0 Å². The molecule has 1 aromatic carbocycles. The highest BCUT2D eigenvalue weighted by atomic mass is 16.6. The normalized spacial score (nSPS) is 15.2. The van der Waals surface area contributed by atoms with Gasteiger partial charge in [-0.25, -0.2) is 14.6 Å². The van der Waals surface area contributed by atoms with Gasteiger partial charge in [-0.15, -0.1) is 0 Å². The number of ether oxygens (including phenoxy) is 2. The van der Waals surface area contributed by atoms with Gasteiger partial charge in [0.05, 0.1) is 24.5 Å². The number of aliphatic carboxylic acids is 2. The van der Waals surface area contributed by atoms with Gasteiger partial charge >= 0.3 is 11.9 Å². The topological polar surface area (TPSA) is 119 Å². The van der Waals surface area contributed by atoms with Gasteiger partial charge in [-0.2, -0.15) is 0 Å². The molecule has 1 aromatic heterocycles. The molecule has 0 bridgehead atoms. The van der Waals surface area contributed by atoms with Gasteiger partial charge in [-0.3, -0.25) is 0 Å². The fourth-order valence-corrected chi connectivity index (χ4v) is 3.35. The first kappa shape index (κ1) is 25.0. The number of rotatable bonds is 12. The van der Waals surface area contributed by atoms with Gasteiger partial charge < -0.3 is 24.1 Å². The first-order valence-electron chi connectivity index (χ1n) is 10.2. The van der Waals surface area contributed by atoms with Crippen molar-refractivity contribution in [1.29, 1.82) is 0 Å². The third-order valence-corrected chi connectivity index (χ3v) is 5.05. The highest BCUT2D eigenvalue weighted by molar-refractivity contribution is 6.00. The zero-order valence-electron chi connectivity index (χ0n) is 18.7. The predicted molar refractivity (Wildman–Crippen MR) is 117 cm³/mol. The average Bonchev–Trinajstić information content (AvgIpc) is 3.18. The molecular weight excluding hydrogens is 414 g/mol. The molecule has 0 radical (unpaired) electrons. The maximum atomic E-state index is 12.6. The van der Waals surface area contributed by atoms with E-state index in [1.54, 1.807) is 50.4 Å². The van der Waals surface area contributed by atoms with Gasteiger partial charge in [0.1, 0.15) is 5.76 Å². The van der Waals surface area contributed by atoms with Crippen LogP contribution in [0.15, 0.2) is 64.2 Å². The number of carbonyl (C=O) groups is 2. The highest BCUT2D eigenvalue weighted by Crippen LogP contribution is 2.37. The number of carboxylic acid groups (broad SMARTS) is 2. The van der Waals surface area contributed by atoms with E-state index in [9.17, 15) is 19.8 Å². The maximum Gasteiger partial charge on any atom is 0.345 e. The Balaban J connectivity index is 2.58. The van der Waals surface area contributed by atoms with E-state index < -0.39 is 23.6 Å². The number of carboxylic acids is 2. The number of benzene rings is 1. The lowest BCUT2D eigenvalue weighted by Gasteiger charge is -2.33. The molecule has 2 N–H and O–H groups in total. The monoisotopic (exact) mass is 443 g/mol. The molecule has 0 aliphatic heterocycles. The van der Waals surface area contributed by atoms with Gasteiger partial charge in [0.2, 0.25) is 5.60 Å². The molecule has 0 amide bonds. The molecule has 2 aromatic rings. The smallest absolute Gasteiger partial charge is 0.345 e. The standard InChI is InChI=1S/C24H29NO7/c1-5-19(30-4)15-31-24(23(28)29,18-11-7-6-8-12-18)21(22(26)27)16(2)10-9-13-20-25-14-17(3)32-20/h6-12,14,19H,5,13,15H2,1-4H3,(H,26,27)(H,28,29). The number of hydrogen-bond acceptors (Lipinski definition) is 6. The maximum absolute atomic E-state index is 12.6. The molecule has 2 atom stereocenters. The molecule has 0 saturated heterocycles. The molecule has 0 saturated carbocycles. The van der Waals surface area contributed by atoms with E-state index in [4.69, 9.17) is 13.9 Å². The SMILES string of the molecule is CCC(COC(C(=O)O)(C(C(=O)O)=C(C)C=CCc1ncc(C)o1)c1ccccc1)OC. The summed E-state index contributed by atoms with van der Waals surface area (Å²) >= 11 is 0. The Hall–Kier alpha value is -3.23. The molecule has 2 unspecified atom stereocenters. The second-order valence-electron chi connectivity index (χ2n) is 7.26. The van der Waals surface area contributed by atoms with Gasteiger partial charge in [-0.05, 0) is 31.4 Å². The summed E-state index contributed by atoms with van der Waals surface area (Å²) in [6.45, 7) is 5.08. The number of allylic oxidation sites excluding steroid dienone is 3. The van der Waals surface area contributed by atoms with Crippen molar-refractivity contribution in [3.8, 4) is 0 Å². The van der Waals surface area contributed by atoms with Crippen LogP contribution in [-0.2, 0) is 31.1 Å². The molecule has 8 heteroatoms. The van der Waals surface area contributed by atoms with Crippen LogP contribution >= 0.6 is 0 Å². The molecule has 1 heterocycles. The van der Waals surface area contributed by atoms with Crippen molar-refractivity contribution in [3.63, 3.8) is 0 Å². The number of nitrogens with zero attached hydrogens (tertiary/aromatic N) is 1. The number of oxazole rings is 1. The average molecular weight is 443 g/mol. The summed E-state index contributed by atoms with van der Waals surface area (Å²) < 4.78 is 16.6. The molecule has 8 nitrogen and oxygen atoms in total. The second kappa shape index (κ2) is 11.4. The summed E-state index contributed by atoms with van der Waals surface area (Å²) in [7, 11) is 1.49. The second-order valence-corrected chi connectivity index (χ2v) is 7.26. The molecular formula is C24H29NO7. The van der Waals surface area contributed by atoms with Crippen molar-refractivity contribution in [3.05, 3.63) is 77.0 Å². The summed E-state index contributed by atoms with van der Waals surface area (Å²) in [5.74, 6) is -1.69. The minimum atomic E-state index is -2.23. The van der Waals surface area contributed by atoms with Crippen LogP contribution in [0.1, 0.15) is 37.5 Å². The van der Waals surface area contributed by atoms with E-state index in [0.717, 1.165) is 0 Å². The molecule has 172 valence electrons. The van der Waals surface area contributed by atoms with Crippen molar-refractivity contribution < 1.29 is 33.7 Å². The Labute approximate surface area is 187 Å². The van der Waals surface area contributed by atoms with E-state index in [-0.39, 0.29) is 23.3 Å². The van der Waals surface area contributed by atoms with Gasteiger partial charge in [-0.1, -0.05) is 49.4 Å². The van der Waals surface area contributed by atoms with E-state index in [0.29, 0.717) is 24.5 Å². The summed E-state index contributed by atoms with van der Waals surface area (Å²) in [6.07, 6.45) is 5.31. The molecule has 0 aliphatic rings. The zero-order chi connectivity index (χ0) is 23.7. The predicted octanol–water partition coefficient (Wildman–Crippen LogP) is 3.90. The fraction of sp³-hybridized carbons (Fsp3) is 0.375. The Morgan fingerprint density at radius 2 is 1.94 bits per heavy atom. The quantitative estimate of drug-likeness (QED) is 0.374. The van der Waals surface area contributed by atoms with Crippen molar-refractivity contribution in [2.24, 2.45) is 0 Å². The van der Waals surface area contributed by atoms with Gasteiger partial charge in [0, 0.05) is 13.5 Å². The van der Waals surface area contributed by atoms with Crippen LogP contribution in [0.5, 0.6) is 0 Å². The van der Waals surface area contributed by atoms with E-state index >= 15 is 0 Å². The van der Waals surface area contributed by atoms with Crippen LogP contribution < -0.4 is 0 Å². The molecule has 32 heavy (non-hydrogen) atoms. The molecule has 2 rings (SSSR count). The Morgan fingerprint density at radius 3 is 2.44 bits per heavy atom. The number of aromatic nitrogens is 1. The largest absolute Gasteiger partial charge is 0.479 e. The summed E-state index contributed by atoms with van der Waals surface area (Å²) in [4.78, 5) is 29.1. The van der Waals surface area contributed by atoms with Gasteiger partial charge in [0.15, 0.2) is 5.89 Å². The first-order valence-corrected chi connectivity index (χ1v) is 10.2. The molecule has 0 spiro atoms. The van der Waals surface area contributed by atoms with Crippen LogP contribution in [0.4, 0.5) is 0 Å². The third-order valence-electron chi connectivity index (χ3n) is 5.05. The van der Waals surface area contributed by atoms with Crippen molar-refractivity contribution in [2.45, 2.75) is 45.3 Å². The number of aryl methyl sites for hydroxylation is 1. The van der Waals surface area contributed by atoms with Crippen LogP contribution in [0.25, 0.3) is 0 Å². The lowest BCUT2D eigenvalue weighted by Crippen LogP contribution is -2.45. The minimum absolute atomic E-state index is 0.0996. The lowest BCUT2D eigenvalue weighted by atomic mass is 9.82. The summed E-state index contributed by atoms with van der Waals surface area (Å²) in [5, 5.41) is 20.4. The first-order chi connectivity index (χ1) is 15.3. The van der Waals surface area contributed by atoms with E-state index in [1.807, 2.05) is 6.92 Å². The lowest BCUT2D eigenvalue weighted by molar-refractivity contribution is -0.170. The Bertz CT molecular complexity index is 973. The molecule has 0 fully saturated rings. The van der Waals surface area contributed by atoms with Crippen molar-refractivity contribution in [1.82, 2.24) is 4.98 Å². The van der Waals surface area contributed by atoms with Crippen LogP contribution in [0.3, 0.4) is 0 Å². The number of methoxy groups -OCH3 is 1. The van der Waals surface area contributed by atoms with Crippen LogP contribution in [0, 0.1) is 6.92 Å². The highest BCUT2D eigenvalue weighted by Gasteiger charge is 2.49. The van der Waals surface area contributed by atoms with Crippen molar-refractivity contribution in [2.75, 3.05) is 13.7 Å². The minimum Gasteiger partial charge on any atom is -0.479 e. The Morgan fingerprint density at radius 1 is 1.25 bits per heavy atom. The van der Waals surface area contributed by atoms with Crippen LogP contribution in [-0.4, -0.2) is 47.0 Å². The number of hydrogen-bond donors (Lipinski definition) is 2. The third kappa shape index (κ3) is 5.72. The van der Waals surface area contributed by atoms with Crippen molar-refractivity contribution >= 4 is 11.9 Å². The van der Waals surface area contributed by atoms with E-state index in [1.165, 1.54) is 19.2 Å². The summed E-state index contributed by atoms with van der Waals surface area (Å²) in [6, 6.07) is 8.07.